The van der Waals surface area contributed by atoms with Crippen molar-refractivity contribution >= 4 is 28.4 Å². The molecule has 1 aliphatic rings. The SMILES string of the molecule is Cn1cc(C2CCN(C(=O)OC(C)(C)C)CC2)c2ccc(Nc3ccc(F)c(F)c3)cc21. The molecule has 32 heavy (non-hydrogen) atoms. The summed E-state index contributed by atoms with van der Waals surface area (Å²) >= 11 is 0. The number of halogens is 2. The number of carbonyl (C=O) groups excluding carboxylic acids is 1. The van der Waals surface area contributed by atoms with Crippen LogP contribution in [0.2, 0.25) is 0 Å². The highest BCUT2D eigenvalue weighted by Gasteiger charge is 2.28. The van der Waals surface area contributed by atoms with Crippen molar-refractivity contribution in [3.63, 3.8) is 0 Å². The third-order valence-electron chi connectivity index (χ3n) is 5.82. The van der Waals surface area contributed by atoms with E-state index in [2.05, 4.69) is 22.1 Å². The summed E-state index contributed by atoms with van der Waals surface area (Å²) < 4.78 is 34.3. The van der Waals surface area contributed by atoms with Crippen LogP contribution in [0.1, 0.15) is 45.1 Å². The number of fused-ring (bicyclic) bond motifs is 1. The van der Waals surface area contributed by atoms with Gasteiger partial charge in [-0.1, -0.05) is 6.07 Å². The van der Waals surface area contributed by atoms with Crippen molar-refractivity contribution in [2.24, 2.45) is 7.05 Å². The molecule has 1 N–H and O–H groups in total. The molecule has 1 saturated heterocycles. The lowest BCUT2D eigenvalue weighted by Crippen LogP contribution is -2.41. The smallest absolute Gasteiger partial charge is 0.410 e. The van der Waals surface area contributed by atoms with Gasteiger partial charge in [0, 0.05) is 49.2 Å². The van der Waals surface area contributed by atoms with Gasteiger partial charge in [0.25, 0.3) is 0 Å². The Morgan fingerprint density at radius 3 is 2.34 bits per heavy atom. The topological polar surface area (TPSA) is 46.5 Å². The van der Waals surface area contributed by atoms with Gasteiger partial charge in [-0.25, -0.2) is 13.6 Å². The summed E-state index contributed by atoms with van der Waals surface area (Å²) in [6.45, 7) is 6.98. The Morgan fingerprint density at radius 2 is 1.69 bits per heavy atom. The van der Waals surface area contributed by atoms with E-state index in [9.17, 15) is 13.6 Å². The molecule has 0 aliphatic carbocycles. The molecule has 1 aliphatic heterocycles. The van der Waals surface area contributed by atoms with Crippen LogP contribution in [0.4, 0.5) is 25.0 Å². The van der Waals surface area contributed by atoms with Gasteiger partial charge < -0.3 is 19.5 Å². The second-order valence-corrected chi connectivity index (χ2v) is 9.42. The number of rotatable bonds is 3. The van der Waals surface area contributed by atoms with E-state index in [1.165, 1.54) is 17.0 Å². The lowest BCUT2D eigenvalue weighted by atomic mass is 9.89. The first-order chi connectivity index (χ1) is 15.1. The average Bonchev–Trinajstić information content (AvgIpc) is 3.06. The van der Waals surface area contributed by atoms with Gasteiger partial charge in [0.1, 0.15) is 5.60 Å². The number of amides is 1. The fourth-order valence-electron chi connectivity index (χ4n) is 4.26. The van der Waals surface area contributed by atoms with E-state index in [0.29, 0.717) is 24.7 Å². The van der Waals surface area contributed by atoms with Crippen molar-refractivity contribution in [2.45, 2.75) is 45.1 Å². The highest BCUT2D eigenvalue weighted by Crippen LogP contribution is 2.36. The van der Waals surface area contributed by atoms with Crippen molar-refractivity contribution in [3.05, 3.63) is 59.8 Å². The number of piperidine rings is 1. The lowest BCUT2D eigenvalue weighted by molar-refractivity contribution is 0.0205. The summed E-state index contributed by atoms with van der Waals surface area (Å²) in [6.07, 6.45) is 3.67. The number of anilines is 2. The van der Waals surface area contributed by atoms with E-state index in [-0.39, 0.29) is 6.09 Å². The first-order valence-corrected chi connectivity index (χ1v) is 10.9. The fourth-order valence-corrected chi connectivity index (χ4v) is 4.26. The second kappa shape index (κ2) is 8.45. The van der Waals surface area contributed by atoms with Crippen LogP contribution in [0.5, 0.6) is 0 Å². The van der Waals surface area contributed by atoms with Gasteiger partial charge in [-0.2, -0.15) is 0 Å². The molecule has 4 rings (SSSR count). The molecule has 3 aromatic rings. The molecular weight excluding hydrogens is 412 g/mol. The van der Waals surface area contributed by atoms with Crippen molar-refractivity contribution in [1.82, 2.24) is 9.47 Å². The van der Waals surface area contributed by atoms with E-state index < -0.39 is 17.2 Å². The number of benzene rings is 2. The molecule has 1 amide bonds. The maximum atomic E-state index is 13.5. The molecule has 1 aromatic heterocycles. The Bertz CT molecular complexity index is 1140. The molecule has 0 saturated carbocycles. The molecule has 0 bridgehead atoms. The van der Waals surface area contributed by atoms with Crippen molar-refractivity contribution < 1.29 is 18.3 Å². The lowest BCUT2D eigenvalue weighted by Gasteiger charge is -2.33. The molecule has 1 fully saturated rings. The zero-order valence-electron chi connectivity index (χ0n) is 18.9. The summed E-state index contributed by atoms with van der Waals surface area (Å²) in [5.41, 5.74) is 3.13. The number of nitrogens with one attached hydrogen (secondary N) is 1. The number of ether oxygens (including phenoxy) is 1. The van der Waals surface area contributed by atoms with Crippen molar-refractivity contribution in [1.29, 1.82) is 0 Å². The molecule has 0 atom stereocenters. The number of nitrogens with zero attached hydrogens (tertiary/aromatic N) is 2. The molecule has 7 heteroatoms. The maximum absolute atomic E-state index is 13.5. The van der Waals surface area contributed by atoms with Crippen molar-refractivity contribution in [3.8, 4) is 0 Å². The van der Waals surface area contributed by atoms with E-state index >= 15 is 0 Å². The van der Waals surface area contributed by atoms with Gasteiger partial charge in [0.15, 0.2) is 11.6 Å². The molecule has 5 nitrogen and oxygen atoms in total. The minimum atomic E-state index is -0.880. The second-order valence-electron chi connectivity index (χ2n) is 9.42. The Morgan fingerprint density at radius 1 is 1.03 bits per heavy atom. The molecule has 0 unspecified atom stereocenters. The number of hydrogen-bond acceptors (Lipinski definition) is 3. The summed E-state index contributed by atoms with van der Waals surface area (Å²) in [5, 5.41) is 4.30. The summed E-state index contributed by atoms with van der Waals surface area (Å²) in [5.74, 6) is -1.38. The molecule has 0 radical (unpaired) electrons. The first kappa shape index (κ1) is 22.1. The van der Waals surface area contributed by atoms with Crippen LogP contribution in [0, 0.1) is 11.6 Å². The van der Waals surface area contributed by atoms with Gasteiger partial charge in [0.05, 0.1) is 5.52 Å². The molecule has 2 heterocycles. The predicted molar refractivity (Wildman–Crippen MR) is 122 cm³/mol. The zero-order chi connectivity index (χ0) is 23.0. The van der Waals surface area contributed by atoms with Crippen LogP contribution in [-0.2, 0) is 11.8 Å². The van der Waals surface area contributed by atoms with Gasteiger partial charge in [-0.05, 0) is 69.4 Å². The molecular formula is C25H29F2N3O2. The van der Waals surface area contributed by atoms with Crippen LogP contribution >= 0.6 is 0 Å². The van der Waals surface area contributed by atoms with Crippen LogP contribution in [-0.4, -0.2) is 34.3 Å². The van der Waals surface area contributed by atoms with E-state index in [4.69, 9.17) is 4.74 Å². The molecule has 170 valence electrons. The standard InChI is InChI=1S/C25H29F2N3O2/c1-25(2,3)32-24(31)30-11-9-16(10-12-30)20-15-29(4)23-14-18(5-7-19(20)23)28-17-6-8-21(26)22(27)13-17/h5-8,13-16,28H,9-12H2,1-4H3. The van der Waals surface area contributed by atoms with Crippen LogP contribution in [0.15, 0.2) is 42.6 Å². The minimum absolute atomic E-state index is 0.248. The van der Waals surface area contributed by atoms with Crippen LogP contribution < -0.4 is 5.32 Å². The summed E-state index contributed by atoms with van der Waals surface area (Å²) in [6, 6.07) is 9.79. The predicted octanol–water partition coefficient (Wildman–Crippen LogP) is 6.31. The Hall–Kier alpha value is -3.09. The number of aryl methyl sites for hydroxylation is 1. The monoisotopic (exact) mass is 441 g/mol. The fraction of sp³-hybridized carbons (Fsp3) is 0.400. The number of aromatic nitrogens is 1. The first-order valence-electron chi connectivity index (χ1n) is 10.9. The quantitative estimate of drug-likeness (QED) is 0.518. The Labute approximate surface area is 187 Å². The Kier molecular flexibility index (Phi) is 5.84. The normalized spacial score (nSPS) is 15.2. The number of likely N-dealkylation sites (tertiary alicyclic amines) is 1. The summed E-state index contributed by atoms with van der Waals surface area (Å²) in [7, 11) is 2.00. The van der Waals surface area contributed by atoms with Gasteiger partial charge in [-0.15, -0.1) is 0 Å². The molecule has 0 spiro atoms. The van der Waals surface area contributed by atoms with E-state index in [1.807, 2.05) is 40.0 Å². The largest absolute Gasteiger partial charge is 0.444 e. The van der Waals surface area contributed by atoms with Crippen LogP contribution in [0.25, 0.3) is 10.9 Å². The van der Waals surface area contributed by atoms with Gasteiger partial charge in [-0.3, -0.25) is 0 Å². The average molecular weight is 442 g/mol. The third kappa shape index (κ3) is 4.71. The van der Waals surface area contributed by atoms with Gasteiger partial charge in [0.2, 0.25) is 0 Å². The highest BCUT2D eigenvalue weighted by molar-refractivity contribution is 5.88. The highest BCUT2D eigenvalue weighted by atomic mass is 19.2. The van der Waals surface area contributed by atoms with Crippen LogP contribution in [0.3, 0.4) is 0 Å². The number of hydrogen-bond donors (Lipinski definition) is 1. The maximum Gasteiger partial charge on any atom is 0.410 e. The molecule has 2 aromatic carbocycles. The zero-order valence-corrected chi connectivity index (χ0v) is 18.9. The van der Waals surface area contributed by atoms with Crippen molar-refractivity contribution in [2.75, 3.05) is 18.4 Å². The van der Waals surface area contributed by atoms with E-state index in [1.54, 1.807) is 4.90 Å². The number of carbonyl (C=O) groups is 1. The summed E-state index contributed by atoms with van der Waals surface area (Å²) in [4.78, 5) is 14.1. The van der Waals surface area contributed by atoms with Gasteiger partial charge >= 0.3 is 6.09 Å². The Balaban J connectivity index is 1.49. The minimum Gasteiger partial charge on any atom is -0.444 e. The third-order valence-corrected chi connectivity index (χ3v) is 5.82. The van der Waals surface area contributed by atoms with E-state index in [0.717, 1.165) is 36.2 Å².